The lowest BCUT2D eigenvalue weighted by Gasteiger charge is -2.13. The van der Waals surface area contributed by atoms with Gasteiger partial charge < -0.3 is 10.6 Å². The molecule has 0 atom stereocenters. The normalized spacial score (nSPS) is 10.7. The molecule has 1 aromatic carbocycles. The maximum atomic E-state index is 12.2. The summed E-state index contributed by atoms with van der Waals surface area (Å²) in [5, 5.41) is 13.7. The number of carbonyl (C=O) groups is 2. The van der Waals surface area contributed by atoms with Gasteiger partial charge in [-0.05, 0) is 36.4 Å². The highest BCUT2D eigenvalue weighted by molar-refractivity contribution is 7.17. The standard InChI is InChI=1S/C21H17ClN6O3S/c1-13(29)24-16-10-15(27-9-3-2-4-20(27)30)5-6-17(16)28-12-14(25-26-28)11-23-21(31)18-7-8-19(22)32-18/h2-10,12H,11H2,1H3,(H,23,31)(H,24,29). The first-order chi connectivity index (χ1) is 15.4. The molecule has 32 heavy (non-hydrogen) atoms. The van der Waals surface area contributed by atoms with E-state index in [1.54, 1.807) is 54.9 Å². The molecule has 0 unspecified atom stereocenters. The first kappa shape index (κ1) is 21.5. The van der Waals surface area contributed by atoms with Gasteiger partial charge in [-0.3, -0.25) is 19.0 Å². The van der Waals surface area contributed by atoms with Crippen molar-refractivity contribution >= 4 is 40.4 Å². The number of amides is 2. The van der Waals surface area contributed by atoms with Crippen molar-refractivity contribution in [2.75, 3.05) is 5.32 Å². The molecule has 4 rings (SSSR count). The van der Waals surface area contributed by atoms with Crippen molar-refractivity contribution in [1.29, 1.82) is 0 Å². The van der Waals surface area contributed by atoms with Crippen LogP contribution in [0.5, 0.6) is 0 Å². The first-order valence-corrected chi connectivity index (χ1v) is 10.6. The second-order valence-corrected chi connectivity index (χ2v) is 8.45. The molecular formula is C21H17ClN6O3S. The molecule has 2 amide bonds. The fraction of sp³-hybridized carbons (Fsp3) is 0.0952. The highest BCUT2D eigenvalue weighted by Crippen LogP contribution is 2.24. The first-order valence-electron chi connectivity index (χ1n) is 9.45. The summed E-state index contributed by atoms with van der Waals surface area (Å²) in [6.45, 7) is 1.56. The zero-order chi connectivity index (χ0) is 22.7. The predicted molar refractivity (Wildman–Crippen MR) is 122 cm³/mol. The molecule has 0 bridgehead atoms. The number of hydrogen-bond donors (Lipinski definition) is 2. The van der Waals surface area contributed by atoms with Crippen LogP contribution in [0.3, 0.4) is 0 Å². The van der Waals surface area contributed by atoms with Gasteiger partial charge in [0, 0.05) is 19.2 Å². The molecule has 0 fully saturated rings. The number of nitrogens with one attached hydrogen (secondary N) is 2. The van der Waals surface area contributed by atoms with E-state index in [1.165, 1.54) is 33.6 Å². The predicted octanol–water partition coefficient (Wildman–Crippen LogP) is 3.02. The van der Waals surface area contributed by atoms with Gasteiger partial charge in [0.15, 0.2) is 0 Å². The fourth-order valence-electron chi connectivity index (χ4n) is 3.00. The highest BCUT2D eigenvalue weighted by Gasteiger charge is 2.13. The van der Waals surface area contributed by atoms with Crippen molar-refractivity contribution in [3.63, 3.8) is 0 Å². The van der Waals surface area contributed by atoms with Crippen molar-refractivity contribution in [3.8, 4) is 11.4 Å². The van der Waals surface area contributed by atoms with Crippen LogP contribution in [0.1, 0.15) is 22.3 Å². The van der Waals surface area contributed by atoms with E-state index in [1.807, 2.05) is 0 Å². The van der Waals surface area contributed by atoms with Crippen molar-refractivity contribution in [3.05, 3.63) is 86.2 Å². The molecule has 0 aliphatic heterocycles. The van der Waals surface area contributed by atoms with Crippen molar-refractivity contribution < 1.29 is 9.59 Å². The number of thiophene rings is 1. The summed E-state index contributed by atoms with van der Waals surface area (Å²) in [5.41, 5.74) is 1.94. The van der Waals surface area contributed by atoms with E-state index in [0.29, 0.717) is 32.0 Å². The molecule has 3 heterocycles. The Bertz CT molecular complexity index is 1360. The van der Waals surface area contributed by atoms with E-state index in [2.05, 4.69) is 20.9 Å². The van der Waals surface area contributed by atoms with Crippen LogP contribution in [0, 0.1) is 0 Å². The minimum Gasteiger partial charge on any atom is -0.346 e. The highest BCUT2D eigenvalue weighted by atomic mass is 35.5. The van der Waals surface area contributed by atoms with Gasteiger partial charge in [0.2, 0.25) is 5.91 Å². The van der Waals surface area contributed by atoms with Crippen LogP contribution in [0.2, 0.25) is 4.34 Å². The number of aromatic nitrogens is 4. The largest absolute Gasteiger partial charge is 0.346 e. The SMILES string of the molecule is CC(=O)Nc1cc(-n2ccccc2=O)ccc1-n1cc(CNC(=O)c2ccc(Cl)s2)nn1. The van der Waals surface area contributed by atoms with Crippen LogP contribution < -0.4 is 16.2 Å². The van der Waals surface area contributed by atoms with E-state index in [9.17, 15) is 14.4 Å². The third kappa shape index (κ3) is 4.76. The minimum absolute atomic E-state index is 0.168. The van der Waals surface area contributed by atoms with Gasteiger partial charge in [-0.25, -0.2) is 4.68 Å². The molecule has 11 heteroatoms. The van der Waals surface area contributed by atoms with E-state index in [4.69, 9.17) is 11.6 Å². The van der Waals surface area contributed by atoms with Crippen LogP contribution in [0.4, 0.5) is 5.69 Å². The molecule has 4 aromatic rings. The summed E-state index contributed by atoms with van der Waals surface area (Å²) in [6.07, 6.45) is 3.29. The maximum absolute atomic E-state index is 12.2. The zero-order valence-electron chi connectivity index (χ0n) is 16.8. The molecule has 162 valence electrons. The molecule has 0 saturated heterocycles. The third-order valence-electron chi connectivity index (χ3n) is 4.41. The van der Waals surface area contributed by atoms with E-state index < -0.39 is 0 Å². The molecule has 9 nitrogen and oxygen atoms in total. The smallest absolute Gasteiger partial charge is 0.261 e. The molecule has 0 saturated carbocycles. The summed E-state index contributed by atoms with van der Waals surface area (Å²) in [6, 6.07) is 13.3. The van der Waals surface area contributed by atoms with E-state index >= 15 is 0 Å². The molecular weight excluding hydrogens is 452 g/mol. The number of nitrogens with zero attached hydrogens (tertiary/aromatic N) is 4. The average molecular weight is 469 g/mol. The number of anilines is 1. The van der Waals surface area contributed by atoms with Gasteiger partial charge in [0.1, 0.15) is 5.69 Å². The molecule has 0 aliphatic rings. The Morgan fingerprint density at radius 3 is 2.72 bits per heavy atom. The third-order valence-corrected chi connectivity index (χ3v) is 5.64. The van der Waals surface area contributed by atoms with Crippen molar-refractivity contribution in [2.45, 2.75) is 13.5 Å². The second-order valence-electron chi connectivity index (χ2n) is 6.73. The van der Waals surface area contributed by atoms with Crippen LogP contribution in [-0.4, -0.2) is 31.4 Å². The summed E-state index contributed by atoms with van der Waals surface area (Å²) < 4.78 is 3.49. The maximum Gasteiger partial charge on any atom is 0.261 e. The van der Waals surface area contributed by atoms with Crippen LogP contribution in [-0.2, 0) is 11.3 Å². The van der Waals surface area contributed by atoms with Crippen molar-refractivity contribution in [1.82, 2.24) is 24.9 Å². The zero-order valence-corrected chi connectivity index (χ0v) is 18.4. The minimum atomic E-state index is -0.272. The molecule has 2 N–H and O–H groups in total. The number of benzene rings is 1. The molecule has 0 radical (unpaired) electrons. The average Bonchev–Trinajstić information content (AvgIpc) is 3.41. The number of hydrogen-bond acceptors (Lipinski definition) is 6. The number of pyridine rings is 1. The molecule has 0 aliphatic carbocycles. The fourth-order valence-corrected chi connectivity index (χ4v) is 3.96. The lowest BCUT2D eigenvalue weighted by atomic mass is 10.2. The number of carbonyl (C=O) groups excluding carboxylic acids is 2. The van der Waals surface area contributed by atoms with Gasteiger partial charge in [0.05, 0.1) is 39.0 Å². The van der Waals surface area contributed by atoms with Gasteiger partial charge in [-0.15, -0.1) is 16.4 Å². The topological polar surface area (TPSA) is 111 Å². The van der Waals surface area contributed by atoms with Gasteiger partial charge in [-0.1, -0.05) is 22.9 Å². The monoisotopic (exact) mass is 468 g/mol. The van der Waals surface area contributed by atoms with Gasteiger partial charge >= 0.3 is 0 Å². The quantitative estimate of drug-likeness (QED) is 0.452. The summed E-state index contributed by atoms with van der Waals surface area (Å²) in [4.78, 5) is 36.6. The Morgan fingerprint density at radius 1 is 1.16 bits per heavy atom. The Labute approximate surface area is 191 Å². The molecule has 3 aromatic heterocycles. The summed E-state index contributed by atoms with van der Waals surface area (Å²) >= 11 is 7.06. The van der Waals surface area contributed by atoms with E-state index in [-0.39, 0.29) is 23.9 Å². The van der Waals surface area contributed by atoms with Crippen LogP contribution >= 0.6 is 22.9 Å². The summed E-state index contributed by atoms with van der Waals surface area (Å²) in [7, 11) is 0. The summed E-state index contributed by atoms with van der Waals surface area (Å²) in [5.74, 6) is -0.529. The Morgan fingerprint density at radius 2 is 2.00 bits per heavy atom. The van der Waals surface area contributed by atoms with E-state index in [0.717, 1.165) is 0 Å². The van der Waals surface area contributed by atoms with Crippen LogP contribution in [0.15, 0.2) is 65.7 Å². The van der Waals surface area contributed by atoms with Crippen LogP contribution in [0.25, 0.3) is 11.4 Å². The lowest BCUT2D eigenvalue weighted by Crippen LogP contribution is -2.21. The number of rotatable bonds is 6. The molecule has 0 spiro atoms. The lowest BCUT2D eigenvalue weighted by molar-refractivity contribution is -0.114. The van der Waals surface area contributed by atoms with Gasteiger partial charge in [0.25, 0.3) is 11.5 Å². The Balaban J connectivity index is 1.58. The Hall–Kier alpha value is -3.76. The van der Waals surface area contributed by atoms with Crippen molar-refractivity contribution in [2.24, 2.45) is 0 Å². The second kappa shape index (κ2) is 9.16. The Kier molecular flexibility index (Phi) is 6.15. The number of halogens is 1. The van der Waals surface area contributed by atoms with Gasteiger partial charge in [-0.2, -0.15) is 0 Å².